The Balaban J connectivity index is 1.99. The molecule has 3 heteroatoms. The first-order chi connectivity index (χ1) is 9.35. The van der Waals surface area contributed by atoms with E-state index in [1.54, 1.807) is 0 Å². The van der Waals surface area contributed by atoms with Gasteiger partial charge in [-0.2, -0.15) is 0 Å². The predicted octanol–water partition coefficient (Wildman–Crippen LogP) is 2.89. The van der Waals surface area contributed by atoms with Gasteiger partial charge in [0, 0.05) is 18.8 Å². The Hall–Kier alpha value is -1.61. The molecule has 0 saturated carbocycles. The van der Waals surface area contributed by atoms with Crippen molar-refractivity contribution in [2.45, 2.75) is 38.8 Å². The Kier molecular flexibility index (Phi) is 3.38. The van der Waals surface area contributed by atoms with E-state index in [4.69, 9.17) is 0 Å². The second kappa shape index (κ2) is 5.17. The van der Waals surface area contributed by atoms with Crippen molar-refractivity contribution in [1.29, 1.82) is 0 Å². The molecule has 19 heavy (non-hydrogen) atoms. The van der Waals surface area contributed by atoms with Crippen molar-refractivity contribution in [3.8, 4) is 0 Å². The summed E-state index contributed by atoms with van der Waals surface area (Å²) in [5.41, 5.74) is 2.92. The molecular weight excluding hydrogens is 234 g/mol. The van der Waals surface area contributed by atoms with Gasteiger partial charge in [0.1, 0.15) is 5.82 Å². The molecule has 1 aromatic heterocycles. The first-order valence-electron chi connectivity index (χ1n) is 7.18. The highest BCUT2D eigenvalue weighted by molar-refractivity contribution is 5.37. The number of aromatic nitrogens is 2. The van der Waals surface area contributed by atoms with E-state index in [-0.39, 0.29) is 0 Å². The molecule has 1 heterocycles. The van der Waals surface area contributed by atoms with E-state index in [0.717, 1.165) is 19.4 Å². The summed E-state index contributed by atoms with van der Waals surface area (Å²) in [6.45, 7) is 5.33. The van der Waals surface area contributed by atoms with Gasteiger partial charge in [0.15, 0.2) is 0 Å². The quantitative estimate of drug-likeness (QED) is 0.910. The van der Waals surface area contributed by atoms with Gasteiger partial charge < -0.3 is 9.88 Å². The third kappa shape index (κ3) is 2.08. The summed E-state index contributed by atoms with van der Waals surface area (Å²) >= 11 is 0. The van der Waals surface area contributed by atoms with Crippen LogP contribution >= 0.6 is 0 Å². The number of hydrogen-bond acceptors (Lipinski definition) is 2. The minimum atomic E-state index is 0.403. The Morgan fingerprint density at radius 1 is 1.32 bits per heavy atom. The summed E-state index contributed by atoms with van der Waals surface area (Å²) in [5, 5.41) is 3.64. The van der Waals surface area contributed by atoms with E-state index >= 15 is 0 Å². The fourth-order valence-corrected chi connectivity index (χ4v) is 3.22. The van der Waals surface area contributed by atoms with Gasteiger partial charge >= 0.3 is 0 Å². The zero-order valence-corrected chi connectivity index (χ0v) is 11.6. The molecule has 0 bridgehead atoms. The Labute approximate surface area is 114 Å². The lowest BCUT2D eigenvalue weighted by Gasteiger charge is -2.24. The van der Waals surface area contributed by atoms with Gasteiger partial charge in [0.25, 0.3) is 0 Å². The molecule has 0 spiro atoms. The van der Waals surface area contributed by atoms with Crippen LogP contribution in [0.2, 0.25) is 0 Å². The van der Waals surface area contributed by atoms with E-state index in [1.165, 1.54) is 17.0 Å². The Morgan fingerprint density at radius 2 is 2.16 bits per heavy atom. The normalized spacial score (nSPS) is 21.6. The monoisotopic (exact) mass is 255 g/mol. The molecular formula is C16H21N3. The van der Waals surface area contributed by atoms with Gasteiger partial charge in [0.2, 0.25) is 0 Å². The van der Waals surface area contributed by atoms with Crippen LogP contribution < -0.4 is 5.32 Å². The maximum Gasteiger partial charge on any atom is 0.108 e. The minimum Gasteiger partial charge on any atom is -0.330 e. The van der Waals surface area contributed by atoms with Crippen LogP contribution in [0.1, 0.15) is 42.9 Å². The van der Waals surface area contributed by atoms with Crippen molar-refractivity contribution in [2.24, 2.45) is 0 Å². The molecule has 0 amide bonds. The van der Waals surface area contributed by atoms with E-state index in [9.17, 15) is 0 Å². The molecule has 3 rings (SSSR count). The van der Waals surface area contributed by atoms with Crippen molar-refractivity contribution in [3.05, 3.63) is 53.6 Å². The van der Waals surface area contributed by atoms with Crippen molar-refractivity contribution < 1.29 is 0 Å². The lowest BCUT2D eigenvalue weighted by atomic mass is 10.1. The van der Waals surface area contributed by atoms with Gasteiger partial charge in [0.05, 0.1) is 12.1 Å². The number of nitrogens with zero attached hydrogens (tertiary/aromatic N) is 2. The molecule has 0 saturated heterocycles. The van der Waals surface area contributed by atoms with Crippen molar-refractivity contribution in [3.63, 3.8) is 0 Å². The molecule has 2 atom stereocenters. The molecule has 1 aliphatic rings. The van der Waals surface area contributed by atoms with Crippen molar-refractivity contribution >= 4 is 0 Å². The number of imidazole rings is 1. The topological polar surface area (TPSA) is 29.9 Å². The fourth-order valence-electron chi connectivity index (χ4n) is 3.22. The van der Waals surface area contributed by atoms with E-state index in [0.29, 0.717) is 12.1 Å². The molecule has 3 nitrogen and oxygen atoms in total. The summed E-state index contributed by atoms with van der Waals surface area (Å²) in [6.07, 6.45) is 6.13. The lowest BCUT2D eigenvalue weighted by molar-refractivity contribution is 0.379. The summed E-state index contributed by atoms with van der Waals surface area (Å²) in [5.74, 6) is 1.18. The third-order valence-corrected chi connectivity index (χ3v) is 4.05. The van der Waals surface area contributed by atoms with Crippen LogP contribution in [0.25, 0.3) is 0 Å². The predicted molar refractivity (Wildman–Crippen MR) is 77.2 cm³/mol. The minimum absolute atomic E-state index is 0.403. The molecule has 0 radical (unpaired) electrons. The fraction of sp³-hybridized carbons (Fsp3) is 0.438. The van der Waals surface area contributed by atoms with E-state index in [2.05, 4.69) is 59.2 Å². The lowest BCUT2D eigenvalue weighted by Crippen LogP contribution is -2.27. The van der Waals surface area contributed by atoms with Gasteiger partial charge in [-0.05, 0) is 24.1 Å². The van der Waals surface area contributed by atoms with Gasteiger partial charge in [-0.25, -0.2) is 4.98 Å². The number of rotatable bonds is 4. The zero-order chi connectivity index (χ0) is 13.2. The average Bonchev–Trinajstić information content (AvgIpc) is 3.03. The van der Waals surface area contributed by atoms with Crippen LogP contribution in [0.15, 0.2) is 36.7 Å². The maximum absolute atomic E-state index is 4.47. The Bertz CT molecular complexity index is 559. The largest absolute Gasteiger partial charge is 0.330 e. The van der Waals surface area contributed by atoms with Gasteiger partial charge in [-0.3, -0.25) is 0 Å². The molecule has 0 fully saturated rings. The number of likely N-dealkylation sites (N-methyl/N-ethyl adjacent to an activating group) is 1. The molecule has 2 unspecified atom stereocenters. The van der Waals surface area contributed by atoms with Gasteiger partial charge in [-0.1, -0.05) is 38.1 Å². The standard InChI is InChI=1S/C16H21N3/c1-3-15-18-9-10-19(15)14-11-12-7-5-6-8-13(12)16(14)17-4-2/h5-10,14,16-17H,3-4,11H2,1-2H3. The summed E-state index contributed by atoms with van der Waals surface area (Å²) in [4.78, 5) is 4.47. The first-order valence-corrected chi connectivity index (χ1v) is 7.18. The number of benzene rings is 1. The second-order valence-electron chi connectivity index (χ2n) is 5.11. The molecule has 2 aromatic rings. The number of fused-ring (bicyclic) bond motifs is 1. The van der Waals surface area contributed by atoms with Gasteiger partial charge in [-0.15, -0.1) is 0 Å². The first kappa shape index (κ1) is 12.4. The SMILES string of the molecule is CCNC1c2ccccc2CC1n1ccnc1CC. The highest BCUT2D eigenvalue weighted by Crippen LogP contribution is 2.39. The van der Waals surface area contributed by atoms with Crippen LogP contribution in [0, 0.1) is 0 Å². The van der Waals surface area contributed by atoms with Crippen molar-refractivity contribution in [2.75, 3.05) is 6.54 Å². The summed E-state index contributed by atoms with van der Waals surface area (Å²) in [6, 6.07) is 9.64. The highest BCUT2D eigenvalue weighted by atomic mass is 15.1. The Morgan fingerprint density at radius 3 is 2.95 bits per heavy atom. The van der Waals surface area contributed by atoms with Crippen LogP contribution in [0.4, 0.5) is 0 Å². The highest BCUT2D eigenvalue weighted by Gasteiger charge is 2.33. The third-order valence-electron chi connectivity index (χ3n) is 4.05. The van der Waals surface area contributed by atoms with Crippen LogP contribution in [-0.2, 0) is 12.8 Å². The molecule has 1 aromatic carbocycles. The van der Waals surface area contributed by atoms with Crippen LogP contribution in [0.5, 0.6) is 0 Å². The summed E-state index contributed by atoms with van der Waals surface area (Å²) < 4.78 is 2.35. The second-order valence-corrected chi connectivity index (χ2v) is 5.11. The maximum atomic E-state index is 4.47. The van der Waals surface area contributed by atoms with E-state index < -0.39 is 0 Å². The molecule has 0 aliphatic heterocycles. The number of hydrogen-bond donors (Lipinski definition) is 1. The zero-order valence-electron chi connectivity index (χ0n) is 11.6. The number of aryl methyl sites for hydroxylation is 1. The van der Waals surface area contributed by atoms with Crippen molar-refractivity contribution in [1.82, 2.24) is 14.9 Å². The summed E-state index contributed by atoms with van der Waals surface area (Å²) in [7, 11) is 0. The number of nitrogens with one attached hydrogen (secondary N) is 1. The molecule has 100 valence electrons. The molecule has 1 aliphatic carbocycles. The van der Waals surface area contributed by atoms with E-state index in [1.807, 2.05) is 6.20 Å². The van der Waals surface area contributed by atoms with Crippen LogP contribution in [-0.4, -0.2) is 16.1 Å². The average molecular weight is 255 g/mol. The smallest absolute Gasteiger partial charge is 0.108 e. The van der Waals surface area contributed by atoms with Crippen LogP contribution in [0.3, 0.4) is 0 Å². The molecule has 1 N–H and O–H groups in total.